The molecule has 0 aliphatic heterocycles. The first-order chi connectivity index (χ1) is 11.0. The maximum atomic E-state index is 13.1. The van der Waals surface area contributed by atoms with Crippen molar-refractivity contribution in [1.29, 1.82) is 0 Å². The molecule has 4 nitrogen and oxygen atoms in total. The number of aromatic nitrogens is 2. The molecule has 1 aromatic heterocycles. The lowest BCUT2D eigenvalue weighted by atomic mass is 10.2. The lowest BCUT2D eigenvalue weighted by molar-refractivity contribution is 0.102. The summed E-state index contributed by atoms with van der Waals surface area (Å²) in [5, 5.41) is 6.71. The van der Waals surface area contributed by atoms with E-state index in [0.717, 1.165) is 23.5 Å². The Morgan fingerprint density at radius 1 is 1.04 bits per heavy atom. The average Bonchev–Trinajstić information content (AvgIpc) is 2.97. The number of amides is 1. The van der Waals surface area contributed by atoms with Crippen LogP contribution < -0.4 is 5.32 Å². The molecule has 1 amide bonds. The Hall–Kier alpha value is -3.02. The normalized spacial score (nSPS) is 10.6. The second kappa shape index (κ2) is 6.00. The van der Waals surface area contributed by atoms with E-state index in [-0.39, 0.29) is 5.69 Å². The number of carbonyl (C=O) groups excluding carboxylic acids is 1. The van der Waals surface area contributed by atoms with E-state index in [9.17, 15) is 13.6 Å². The summed E-state index contributed by atoms with van der Waals surface area (Å²) in [7, 11) is 0. The first-order valence-electron chi connectivity index (χ1n) is 6.92. The highest BCUT2D eigenvalue weighted by atomic mass is 19.2. The van der Waals surface area contributed by atoms with E-state index in [2.05, 4.69) is 10.4 Å². The van der Waals surface area contributed by atoms with Crippen molar-refractivity contribution in [3.05, 3.63) is 77.6 Å². The molecule has 1 N–H and O–H groups in total. The van der Waals surface area contributed by atoms with Crippen LogP contribution in [0.1, 0.15) is 16.1 Å². The van der Waals surface area contributed by atoms with Gasteiger partial charge in [0.25, 0.3) is 5.91 Å². The molecule has 2 aromatic carbocycles. The predicted octanol–water partition coefficient (Wildman–Crippen LogP) is 3.71. The van der Waals surface area contributed by atoms with Crippen molar-refractivity contribution in [2.75, 3.05) is 5.32 Å². The zero-order valence-corrected chi connectivity index (χ0v) is 12.3. The van der Waals surface area contributed by atoms with Crippen LogP contribution in [-0.2, 0) is 0 Å². The quantitative estimate of drug-likeness (QED) is 0.801. The molecule has 0 radical (unpaired) electrons. The van der Waals surface area contributed by atoms with E-state index >= 15 is 0 Å². The number of hydrogen-bond acceptors (Lipinski definition) is 2. The fraction of sp³-hybridized carbons (Fsp3) is 0.0588. The maximum absolute atomic E-state index is 13.1. The van der Waals surface area contributed by atoms with Crippen LogP contribution >= 0.6 is 0 Å². The molecule has 3 rings (SSSR count). The van der Waals surface area contributed by atoms with Crippen molar-refractivity contribution in [3.63, 3.8) is 0 Å². The van der Waals surface area contributed by atoms with E-state index in [0.29, 0.717) is 5.56 Å². The number of aryl methyl sites for hydroxylation is 1. The first-order valence-corrected chi connectivity index (χ1v) is 6.92. The van der Waals surface area contributed by atoms with Crippen LogP contribution in [0, 0.1) is 18.6 Å². The van der Waals surface area contributed by atoms with Gasteiger partial charge >= 0.3 is 0 Å². The highest BCUT2D eigenvalue weighted by Crippen LogP contribution is 2.16. The summed E-state index contributed by atoms with van der Waals surface area (Å²) in [5.41, 5.74) is 2.41. The standard InChI is InChI=1S/C17H13F2N3O/c1-11-8-9-20-22(11)14-5-2-12(3-6-14)17(23)21-13-4-7-15(18)16(19)10-13/h2-10H,1H3,(H,21,23). The lowest BCUT2D eigenvalue weighted by Crippen LogP contribution is -2.12. The summed E-state index contributed by atoms with van der Waals surface area (Å²) in [5.74, 6) is -2.37. The minimum absolute atomic E-state index is 0.195. The minimum Gasteiger partial charge on any atom is -0.322 e. The van der Waals surface area contributed by atoms with Crippen LogP contribution in [0.3, 0.4) is 0 Å². The van der Waals surface area contributed by atoms with Gasteiger partial charge in [-0.1, -0.05) is 0 Å². The third kappa shape index (κ3) is 3.11. The molecule has 0 unspecified atom stereocenters. The van der Waals surface area contributed by atoms with Crippen LogP contribution in [0.5, 0.6) is 0 Å². The number of nitrogens with zero attached hydrogens (tertiary/aromatic N) is 2. The average molecular weight is 313 g/mol. The van der Waals surface area contributed by atoms with Gasteiger partial charge in [0.15, 0.2) is 11.6 Å². The van der Waals surface area contributed by atoms with Gasteiger partial charge < -0.3 is 5.32 Å². The van der Waals surface area contributed by atoms with Gasteiger partial charge in [-0.3, -0.25) is 4.79 Å². The maximum Gasteiger partial charge on any atom is 0.255 e. The van der Waals surface area contributed by atoms with Crippen molar-refractivity contribution in [2.24, 2.45) is 0 Å². The topological polar surface area (TPSA) is 46.9 Å². The molecule has 0 aliphatic carbocycles. The predicted molar refractivity (Wildman–Crippen MR) is 82.6 cm³/mol. The molecule has 0 aliphatic rings. The third-order valence-corrected chi connectivity index (χ3v) is 3.38. The van der Waals surface area contributed by atoms with Gasteiger partial charge in [0, 0.05) is 29.2 Å². The smallest absolute Gasteiger partial charge is 0.255 e. The fourth-order valence-corrected chi connectivity index (χ4v) is 2.17. The molecule has 0 saturated heterocycles. The summed E-state index contributed by atoms with van der Waals surface area (Å²) in [6.07, 6.45) is 1.69. The van der Waals surface area contributed by atoms with E-state index in [1.165, 1.54) is 6.07 Å². The number of halogens is 2. The van der Waals surface area contributed by atoms with Crippen LogP contribution in [0.2, 0.25) is 0 Å². The van der Waals surface area contributed by atoms with E-state index in [1.807, 2.05) is 13.0 Å². The number of carbonyl (C=O) groups is 1. The second-order valence-electron chi connectivity index (χ2n) is 5.01. The molecule has 0 atom stereocenters. The molecule has 0 spiro atoms. The number of hydrogen-bond donors (Lipinski definition) is 1. The second-order valence-corrected chi connectivity index (χ2v) is 5.01. The molecule has 3 aromatic rings. The Morgan fingerprint density at radius 3 is 2.39 bits per heavy atom. The molecule has 0 saturated carbocycles. The van der Waals surface area contributed by atoms with E-state index in [1.54, 1.807) is 35.1 Å². The van der Waals surface area contributed by atoms with Crippen molar-refractivity contribution in [2.45, 2.75) is 6.92 Å². The van der Waals surface area contributed by atoms with Crippen molar-refractivity contribution >= 4 is 11.6 Å². The summed E-state index contributed by atoms with van der Waals surface area (Å²) >= 11 is 0. The van der Waals surface area contributed by atoms with Gasteiger partial charge in [0.2, 0.25) is 0 Å². The Labute approximate surface area is 131 Å². The van der Waals surface area contributed by atoms with Gasteiger partial charge in [-0.2, -0.15) is 5.10 Å². The van der Waals surface area contributed by atoms with Gasteiger partial charge in [-0.05, 0) is 49.4 Å². The van der Waals surface area contributed by atoms with E-state index < -0.39 is 17.5 Å². The number of anilines is 1. The zero-order chi connectivity index (χ0) is 16.4. The van der Waals surface area contributed by atoms with Crippen molar-refractivity contribution in [3.8, 4) is 5.69 Å². The molecular formula is C17H13F2N3O. The Bertz CT molecular complexity index is 857. The van der Waals surface area contributed by atoms with Crippen LogP contribution in [-0.4, -0.2) is 15.7 Å². The van der Waals surface area contributed by atoms with Crippen LogP contribution in [0.4, 0.5) is 14.5 Å². The molecule has 1 heterocycles. The van der Waals surface area contributed by atoms with Crippen LogP contribution in [0.25, 0.3) is 5.69 Å². The largest absolute Gasteiger partial charge is 0.322 e. The molecule has 6 heteroatoms. The monoisotopic (exact) mass is 313 g/mol. The van der Waals surface area contributed by atoms with Crippen LogP contribution in [0.15, 0.2) is 54.7 Å². The summed E-state index contributed by atoms with van der Waals surface area (Å²) in [6.45, 7) is 1.93. The number of nitrogens with one attached hydrogen (secondary N) is 1. The molecule has 0 bridgehead atoms. The van der Waals surface area contributed by atoms with Crippen molar-refractivity contribution < 1.29 is 13.6 Å². The summed E-state index contributed by atoms with van der Waals surface area (Å²) in [4.78, 5) is 12.1. The molecule has 23 heavy (non-hydrogen) atoms. The Morgan fingerprint density at radius 2 is 1.78 bits per heavy atom. The van der Waals surface area contributed by atoms with Gasteiger partial charge in [-0.25, -0.2) is 13.5 Å². The lowest BCUT2D eigenvalue weighted by Gasteiger charge is -2.08. The fourth-order valence-electron chi connectivity index (χ4n) is 2.17. The van der Waals surface area contributed by atoms with Gasteiger partial charge in [0.05, 0.1) is 5.69 Å². The summed E-state index contributed by atoms with van der Waals surface area (Å²) < 4.78 is 27.8. The molecule has 116 valence electrons. The summed E-state index contributed by atoms with van der Waals surface area (Å²) in [6, 6.07) is 11.9. The SMILES string of the molecule is Cc1ccnn1-c1ccc(C(=O)Nc2ccc(F)c(F)c2)cc1. The molecular weight excluding hydrogens is 300 g/mol. The minimum atomic E-state index is -1.01. The zero-order valence-electron chi connectivity index (χ0n) is 12.3. The highest BCUT2D eigenvalue weighted by molar-refractivity contribution is 6.04. The highest BCUT2D eigenvalue weighted by Gasteiger charge is 2.09. The number of rotatable bonds is 3. The van der Waals surface area contributed by atoms with Gasteiger partial charge in [0.1, 0.15) is 0 Å². The third-order valence-electron chi connectivity index (χ3n) is 3.38. The molecule has 0 fully saturated rings. The Balaban J connectivity index is 1.77. The van der Waals surface area contributed by atoms with E-state index in [4.69, 9.17) is 0 Å². The van der Waals surface area contributed by atoms with Crippen molar-refractivity contribution in [1.82, 2.24) is 9.78 Å². The first kappa shape index (κ1) is 14.9. The Kier molecular flexibility index (Phi) is 3.89. The number of benzene rings is 2. The van der Waals surface area contributed by atoms with Gasteiger partial charge in [-0.15, -0.1) is 0 Å².